The van der Waals surface area contributed by atoms with Gasteiger partial charge in [-0.1, -0.05) is 12.2 Å². The Kier molecular flexibility index (Phi) is 5.14. The van der Waals surface area contributed by atoms with E-state index in [1.807, 2.05) is 26.0 Å². The number of nitrogens with two attached hydrogens (primary N) is 1. The van der Waals surface area contributed by atoms with Crippen molar-refractivity contribution in [2.24, 2.45) is 5.73 Å². The molecule has 0 saturated carbocycles. The third-order valence-corrected chi connectivity index (χ3v) is 2.16. The molecule has 16 heavy (non-hydrogen) atoms. The van der Waals surface area contributed by atoms with Crippen LogP contribution in [0.1, 0.15) is 18.2 Å². The van der Waals surface area contributed by atoms with Crippen LogP contribution in [-0.2, 0) is 4.74 Å². The van der Waals surface area contributed by atoms with Crippen molar-refractivity contribution in [3.63, 3.8) is 0 Å². The van der Waals surface area contributed by atoms with E-state index < -0.39 is 0 Å². The van der Waals surface area contributed by atoms with Gasteiger partial charge in [-0.05, 0) is 26.0 Å². The molecule has 0 saturated heterocycles. The highest BCUT2D eigenvalue weighted by Gasteiger charge is 2.08. The van der Waals surface area contributed by atoms with Crippen molar-refractivity contribution in [2.45, 2.75) is 13.8 Å². The van der Waals surface area contributed by atoms with Crippen LogP contribution in [0, 0.1) is 6.92 Å². The molecule has 0 aliphatic carbocycles. The van der Waals surface area contributed by atoms with Crippen molar-refractivity contribution in [1.29, 1.82) is 0 Å². The smallest absolute Gasteiger partial charge is 0.224 e. The average molecular weight is 240 g/mol. The summed E-state index contributed by atoms with van der Waals surface area (Å²) in [6.07, 6.45) is 0. The molecule has 0 aromatic carbocycles. The lowest BCUT2D eigenvalue weighted by atomic mass is 10.2. The van der Waals surface area contributed by atoms with Gasteiger partial charge >= 0.3 is 0 Å². The van der Waals surface area contributed by atoms with E-state index in [2.05, 4.69) is 4.98 Å². The predicted molar refractivity (Wildman–Crippen MR) is 66.8 cm³/mol. The van der Waals surface area contributed by atoms with Crippen LogP contribution in [0.4, 0.5) is 0 Å². The van der Waals surface area contributed by atoms with Gasteiger partial charge in [-0.25, -0.2) is 4.98 Å². The number of thiocarbonyl (C=S) groups is 1. The number of rotatable bonds is 6. The average Bonchev–Trinajstić information content (AvgIpc) is 2.24. The third-order valence-electron chi connectivity index (χ3n) is 1.94. The Morgan fingerprint density at radius 3 is 2.81 bits per heavy atom. The van der Waals surface area contributed by atoms with Crippen LogP contribution in [0.3, 0.4) is 0 Å². The molecule has 4 nitrogen and oxygen atoms in total. The zero-order valence-corrected chi connectivity index (χ0v) is 10.3. The van der Waals surface area contributed by atoms with E-state index in [1.165, 1.54) is 0 Å². The number of ether oxygens (including phenoxy) is 2. The first kappa shape index (κ1) is 12.9. The Labute approximate surface area is 101 Å². The second-order valence-electron chi connectivity index (χ2n) is 3.21. The van der Waals surface area contributed by atoms with E-state index in [1.54, 1.807) is 0 Å². The van der Waals surface area contributed by atoms with Gasteiger partial charge in [0, 0.05) is 12.3 Å². The number of hydrogen-bond acceptors (Lipinski definition) is 4. The lowest BCUT2D eigenvalue weighted by Crippen LogP contribution is -2.15. The van der Waals surface area contributed by atoms with Crippen LogP contribution in [-0.4, -0.2) is 29.8 Å². The van der Waals surface area contributed by atoms with Gasteiger partial charge in [0.15, 0.2) is 0 Å². The zero-order chi connectivity index (χ0) is 12.0. The monoisotopic (exact) mass is 240 g/mol. The van der Waals surface area contributed by atoms with Gasteiger partial charge < -0.3 is 15.2 Å². The fraction of sp³-hybridized carbons (Fsp3) is 0.455. The molecule has 1 rings (SSSR count). The largest absolute Gasteiger partial charge is 0.475 e. The zero-order valence-electron chi connectivity index (χ0n) is 9.53. The normalized spacial score (nSPS) is 10.1. The van der Waals surface area contributed by atoms with Crippen molar-refractivity contribution in [3.8, 4) is 5.88 Å². The predicted octanol–water partition coefficient (Wildman–Crippen LogP) is 1.44. The molecule has 1 heterocycles. The molecule has 88 valence electrons. The molecule has 0 radical (unpaired) electrons. The summed E-state index contributed by atoms with van der Waals surface area (Å²) >= 11 is 4.92. The summed E-state index contributed by atoms with van der Waals surface area (Å²) in [6.45, 7) is 5.47. The number of hydrogen-bond donors (Lipinski definition) is 1. The maximum absolute atomic E-state index is 5.58. The van der Waals surface area contributed by atoms with E-state index in [4.69, 9.17) is 27.4 Å². The number of pyridine rings is 1. The molecular formula is C11H16N2O2S. The molecule has 0 amide bonds. The van der Waals surface area contributed by atoms with Gasteiger partial charge in [0.25, 0.3) is 0 Å². The number of aryl methyl sites for hydroxylation is 1. The minimum Gasteiger partial charge on any atom is -0.475 e. The SMILES string of the molecule is CCOCCOc1nc(C)ccc1C(N)=S. The lowest BCUT2D eigenvalue weighted by Gasteiger charge is -2.10. The Hall–Kier alpha value is -1.20. The number of nitrogens with zero attached hydrogens (tertiary/aromatic N) is 1. The fourth-order valence-corrected chi connectivity index (χ4v) is 1.33. The van der Waals surface area contributed by atoms with Gasteiger partial charge in [0.1, 0.15) is 11.6 Å². The van der Waals surface area contributed by atoms with Crippen LogP contribution >= 0.6 is 12.2 Å². The molecule has 5 heteroatoms. The molecule has 0 bridgehead atoms. The Balaban J connectivity index is 2.68. The summed E-state index contributed by atoms with van der Waals surface area (Å²) in [6, 6.07) is 3.67. The second-order valence-corrected chi connectivity index (χ2v) is 3.65. The van der Waals surface area contributed by atoms with Crippen LogP contribution in [0.5, 0.6) is 5.88 Å². The van der Waals surface area contributed by atoms with Crippen molar-refractivity contribution in [2.75, 3.05) is 19.8 Å². The fourth-order valence-electron chi connectivity index (χ4n) is 1.17. The van der Waals surface area contributed by atoms with Crippen molar-refractivity contribution >= 4 is 17.2 Å². The highest BCUT2D eigenvalue weighted by Crippen LogP contribution is 2.15. The first-order valence-electron chi connectivity index (χ1n) is 5.13. The van der Waals surface area contributed by atoms with Crippen molar-refractivity contribution in [3.05, 3.63) is 23.4 Å². The standard InChI is InChI=1S/C11H16N2O2S/c1-3-14-6-7-15-11-9(10(12)16)5-4-8(2)13-11/h4-5H,3,6-7H2,1-2H3,(H2,12,16). The summed E-state index contributed by atoms with van der Waals surface area (Å²) in [5.74, 6) is 0.479. The maximum Gasteiger partial charge on any atom is 0.224 e. The van der Waals surface area contributed by atoms with Gasteiger partial charge in [0.2, 0.25) is 5.88 Å². The van der Waals surface area contributed by atoms with Crippen LogP contribution in [0.2, 0.25) is 0 Å². The highest BCUT2D eigenvalue weighted by molar-refractivity contribution is 7.80. The summed E-state index contributed by atoms with van der Waals surface area (Å²) in [4.78, 5) is 4.54. The molecular weight excluding hydrogens is 224 g/mol. The minimum atomic E-state index is 0.291. The van der Waals surface area contributed by atoms with Crippen molar-refractivity contribution < 1.29 is 9.47 Å². The lowest BCUT2D eigenvalue weighted by molar-refractivity contribution is 0.108. The summed E-state index contributed by atoms with van der Waals surface area (Å²) in [7, 11) is 0. The second kappa shape index (κ2) is 6.40. The quantitative estimate of drug-likeness (QED) is 0.602. The van der Waals surface area contributed by atoms with E-state index in [-0.39, 0.29) is 0 Å². The number of aromatic nitrogens is 1. The van der Waals surface area contributed by atoms with E-state index in [0.717, 1.165) is 5.69 Å². The molecule has 0 fully saturated rings. The highest BCUT2D eigenvalue weighted by atomic mass is 32.1. The summed E-state index contributed by atoms with van der Waals surface area (Å²) in [5.41, 5.74) is 7.11. The summed E-state index contributed by atoms with van der Waals surface area (Å²) < 4.78 is 10.6. The Morgan fingerprint density at radius 2 is 2.19 bits per heavy atom. The third kappa shape index (κ3) is 3.75. The topological polar surface area (TPSA) is 57.4 Å². The van der Waals surface area contributed by atoms with Crippen LogP contribution < -0.4 is 10.5 Å². The minimum absolute atomic E-state index is 0.291. The molecule has 0 spiro atoms. The molecule has 0 aliphatic heterocycles. The van der Waals surface area contributed by atoms with Gasteiger partial charge in [-0.2, -0.15) is 0 Å². The molecule has 0 aliphatic rings. The van der Waals surface area contributed by atoms with Crippen LogP contribution in [0.15, 0.2) is 12.1 Å². The maximum atomic E-state index is 5.58. The van der Waals surface area contributed by atoms with Gasteiger partial charge in [0.05, 0.1) is 12.2 Å². The summed E-state index contributed by atoms with van der Waals surface area (Å²) in [5, 5.41) is 0. The Bertz CT molecular complexity index is 369. The van der Waals surface area contributed by atoms with Crippen molar-refractivity contribution in [1.82, 2.24) is 4.98 Å². The first-order chi connectivity index (χ1) is 7.65. The van der Waals surface area contributed by atoms with E-state index >= 15 is 0 Å². The molecule has 2 N–H and O–H groups in total. The van der Waals surface area contributed by atoms with E-state index in [0.29, 0.717) is 36.3 Å². The van der Waals surface area contributed by atoms with E-state index in [9.17, 15) is 0 Å². The van der Waals surface area contributed by atoms with Gasteiger partial charge in [-0.3, -0.25) is 0 Å². The first-order valence-corrected chi connectivity index (χ1v) is 5.54. The molecule has 1 aromatic heterocycles. The molecule has 0 unspecified atom stereocenters. The molecule has 1 aromatic rings. The molecule has 0 atom stereocenters. The van der Waals surface area contributed by atoms with Gasteiger partial charge in [-0.15, -0.1) is 0 Å². The van der Waals surface area contributed by atoms with Crippen LogP contribution in [0.25, 0.3) is 0 Å². The Morgan fingerprint density at radius 1 is 1.44 bits per heavy atom.